The Kier molecular flexibility index (Phi) is 6.95. The molecule has 0 aliphatic heterocycles. The van der Waals surface area contributed by atoms with Gasteiger partial charge in [-0.3, -0.25) is 14.4 Å². The molecule has 6 nitrogen and oxygen atoms in total. The molecule has 6 heteroatoms. The monoisotopic (exact) mass is 361 g/mol. The summed E-state index contributed by atoms with van der Waals surface area (Å²) in [5, 5.41) is 5.56. The van der Waals surface area contributed by atoms with E-state index in [0.717, 1.165) is 22.4 Å². The lowest BCUT2D eigenvalue weighted by Gasteiger charge is -2.25. The molecule has 1 aromatic carbocycles. The summed E-state index contributed by atoms with van der Waals surface area (Å²) in [6, 6.07) is 3.31. The van der Waals surface area contributed by atoms with Crippen molar-refractivity contribution >= 4 is 23.4 Å². The lowest BCUT2D eigenvalue weighted by Crippen LogP contribution is -2.50. The second-order valence-corrected chi connectivity index (χ2v) is 7.96. The van der Waals surface area contributed by atoms with Crippen LogP contribution in [0.4, 0.5) is 5.69 Å². The molecule has 0 aliphatic carbocycles. The zero-order valence-electron chi connectivity index (χ0n) is 17.1. The average molecular weight is 361 g/mol. The van der Waals surface area contributed by atoms with Crippen LogP contribution in [0.2, 0.25) is 0 Å². The fraction of sp³-hybridized carbons (Fsp3) is 0.550. The van der Waals surface area contributed by atoms with Crippen LogP contribution in [0, 0.1) is 26.2 Å². The first-order valence-corrected chi connectivity index (χ1v) is 8.76. The number of hydrogen-bond acceptors (Lipinski definition) is 3. The number of benzene rings is 1. The van der Waals surface area contributed by atoms with Crippen molar-refractivity contribution in [3.05, 3.63) is 28.8 Å². The first-order chi connectivity index (χ1) is 11.8. The third-order valence-corrected chi connectivity index (χ3v) is 4.10. The van der Waals surface area contributed by atoms with Crippen molar-refractivity contribution in [2.45, 2.75) is 54.5 Å². The average Bonchev–Trinajstić information content (AvgIpc) is 2.48. The number of carbonyl (C=O) groups is 3. The van der Waals surface area contributed by atoms with E-state index in [0.29, 0.717) is 0 Å². The number of hydrogen-bond donors (Lipinski definition) is 2. The summed E-state index contributed by atoms with van der Waals surface area (Å²) in [7, 11) is 1.55. The van der Waals surface area contributed by atoms with Crippen molar-refractivity contribution in [2.24, 2.45) is 5.41 Å². The molecule has 0 bridgehead atoms. The van der Waals surface area contributed by atoms with E-state index in [1.54, 1.807) is 34.7 Å². The molecule has 0 fully saturated rings. The van der Waals surface area contributed by atoms with E-state index in [1.807, 2.05) is 32.9 Å². The van der Waals surface area contributed by atoms with E-state index in [2.05, 4.69) is 10.6 Å². The van der Waals surface area contributed by atoms with Crippen LogP contribution >= 0.6 is 0 Å². The molecular weight excluding hydrogens is 330 g/mol. The maximum atomic E-state index is 12.4. The molecule has 0 radical (unpaired) electrons. The predicted octanol–water partition coefficient (Wildman–Crippen LogP) is 2.56. The number of nitrogens with zero attached hydrogens (tertiary/aromatic N) is 1. The molecule has 0 spiro atoms. The Balaban J connectivity index is 2.69. The summed E-state index contributed by atoms with van der Waals surface area (Å²) in [5.74, 6) is -0.789. The first kappa shape index (κ1) is 21.7. The van der Waals surface area contributed by atoms with E-state index in [4.69, 9.17) is 0 Å². The smallest absolute Gasteiger partial charge is 0.245 e. The van der Waals surface area contributed by atoms with Crippen LogP contribution in [0.1, 0.15) is 44.4 Å². The minimum absolute atomic E-state index is 0.0820. The van der Waals surface area contributed by atoms with Gasteiger partial charge in [-0.2, -0.15) is 0 Å². The molecule has 1 aromatic rings. The molecule has 1 rings (SSSR count). The number of likely N-dealkylation sites (N-methyl/N-ethyl adjacent to an activating group) is 1. The van der Waals surface area contributed by atoms with Gasteiger partial charge in [0.2, 0.25) is 17.7 Å². The van der Waals surface area contributed by atoms with Gasteiger partial charge >= 0.3 is 0 Å². The molecule has 1 atom stereocenters. The molecule has 1 unspecified atom stereocenters. The first-order valence-electron chi connectivity index (χ1n) is 8.76. The number of amides is 3. The molecule has 144 valence electrons. The van der Waals surface area contributed by atoms with Crippen molar-refractivity contribution in [1.82, 2.24) is 10.2 Å². The summed E-state index contributed by atoms with van der Waals surface area (Å²) in [4.78, 5) is 38.1. The Morgan fingerprint density at radius 1 is 1.08 bits per heavy atom. The van der Waals surface area contributed by atoms with Gasteiger partial charge in [0.25, 0.3) is 0 Å². The summed E-state index contributed by atoms with van der Waals surface area (Å²) >= 11 is 0. The van der Waals surface area contributed by atoms with Gasteiger partial charge in [0.15, 0.2) is 0 Å². The highest BCUT2D eigenvalue weighted by Gasteiger charge is 2.27. The largest absolute Gasteiger partial charge is 0.344 e. The molecular formula is C20H31N3O3. The number of rotatable bonds is 5. The zero-order chi connectivity index (χ0) is 20.2. The Bertz CT molecular complexity index is 682. The zero-order valence-corrected chi connectivity index (χ0v) is 17.1. The van der Waals surface area contributed by atoms with E-state index in [-0.39, 0.29) is 24.3 Å². The van der Waals surface area contributed by atoms with Gasteiger partial charge in [-0.15, -0.1) is 0 Å². The van der Waals surface area contributed by atoms with Crippen molar-refractivity contribution in [3.8, 4) is 0 Å². The minimum atomic E-state index is -0.692. The van der Waals surface area contributed by atoms with Crippen molar-refractivity contribution in [3.63, 3.8) is 0 Å². The van der Waals surface area contributed by atoms with E-state index >= 15 is 0 Å². The second kappa shape index (κ2) is 8.34. The Morgan fingerprint density at radius 3 is 2.04 bits per heavy atom. The van der Waals surface area contributed by atoms with Crippen LogP contribution < -0.4 is 10.6 Å². The van der Waals surface area contributed by atoms with Gasteiger partial charge in [0, 0.05) is 18.2 Å². The van der Waals surface area contributed by atoms with Gasteiger partial charge in [-0.25, -0.2) is 0 Å². The topological polar surface area (TPSA) is 78.5 Å². The van der Waals surface area contributed by atoms with Crippen LogP contribution in [-0.4, -0.2) is 42.3 Å². The number of carbonyl (C=O) groups excluding carboxylic acids is 3. The van der Waals surface area contributed by atoms with Gasteiger partial charge in [0.1, 0.15) is 6.04 Å². The highest BCUT2D eigenvalue weighted by molar-refractivity contribution is 5.97. The van der Waals surface area contributed by atoms with Crippen LogP contribution in [0.15, 0.2) is 12.1 Å². The molecule has 2 N–H and O–H groups in total. The number of aryl methyl sites for hydroxylation is 3. The standard InChI is InChI=1S/C20H31N3O3/c1-12-9-13(2)17(14(3)10-12)22-16(24)11-23(8)18(25)15(4)21-19(26)20(5,6)7/h9-10,15H,11H2,1-8H3,(H,21,26)(H,22,24). The highest BCUT2D eigenvalue weighted by Crippen LogP contribution is 2.21. The Morgan fingerprint density at radius 2 is 1.58 bits per heavy atom. The Labute approximate surface area is 156 Å². The molecule has 0 saturated carbocycles. The molecule has 0 aromatic heterocycles. The van der Waals surface area contributed by atoms with Crippen LogP contribution in [-0.2, 0) is 14.4 Å². The molecule has 0 aliphatic rings. The Hall–Kier alpha value is -2.37. The second-order valence-electron chi connectivity index (χ2n) is 7.96. The predicted molar refractivity (Wildman–Crippen MR) is 104 cm³/mol. The van der Waals surface area contributed by atoms with E-state index in [9.17, 15) is 14.4 Å². The highest BCUT2D eigenvalue weighted by atomic mass is 16.2. The summed E-state index contributed by atoms with van der Waals surface area (Å²) in [6.07, 6.45) is 0. The van der Waals surface area contributed by atoms with Crippen molar-refractivity contribution in [1.29, 1.82) is 0 Å². The summed E-state index contributed by atoms with van der Waals surface area (Å²) < 4.78 is 0. The number of anilines is 1. The van der Waals surface area contributed by atoms with Gasteiger partial charge in [-0.1, -0.05) is 38.5 Å². The van der Waals surface area contributed by atoms with E-state index in [1.165, 1.54) is 4.90 Å². The van der Waals surface area contributed by atoms with Crippen LogP contribution in [0.3, 0.4) is 0 Å². The quantitative estimate of drug-likeness (QED) is 0.846. The minimum Gasteiger partial charge on any atom is -0.344 e. The fourth-order valence-corrected chi connectivity index (χ4v) is 2.65. The van der Waals surface area contributed by atoms with Crippen molar-refractivity contribution in [2.75, 3.05) is 18.9 Å². The van der Waals surface area contributed by atoms with E-state index < -0.39 is 11.5 Å². The molecule has 3 amide bonds. The van der Waals surface area contributed by atoms with Gasteiger partial charge in [0.05, 0.1) is 6.54 Å². The lowest BCUT2D eigenvalue weighted by atomic mass is 9.95. The molecule has 0 saturated heterocycles. The summed E-state index contributed by atoms with van der Waals surface area (Å²) in [5.41, 5.74) is 3.29. The maximum Gasteiger partial charge on any atom is 0.245 e. The number of nitrogens with one attached hydrogen (secondary N) is 2. The SMILES string of the molecule is Cc1cc(C)c(NC(=O)CN(C)C(=O)C(C)NC(=O)C(C)(C)C)c(C)c1. The third kappa shape index (κ3) is 5.86. The van der Waals surface area contributed by atoms with Crippen molar-refractivity contribution < 1.29 is 14.4 Å². The maximum absolute atomic E-state index is 12.4. The normalized spacial score (nSPS) is 12.3. The van der Waals surface area contributed by atoms with Crippen LogP contribution in [0.5, 0.6) is 0 Å². The molecule has 0 heterocycles. The lowest BCUT2D eigenvalue weighted by molar-refractivity contribution is -0.138. The fourth-order valence-electron chi connectivity index (χ4n) is 2.65. The van der Waals surface area contributed by atoms with Gasteiger partial charge < -0.3 is 15.5 Å². The third-order valence-electron chi connectivity index (χ3n) is 4.10. The molecule has 26 heavy (non-hydrogen) atoms. The summed E-state index contributed by atoms with van der Waals surface area (Å²) in [6.45, 7) is 12.8. The van der Waals surface area contributed by atoms with Gasteiger partial charge in [-0.05, 0) is 38.8 Å². The van der Waals surface area contributed by atoms with Crippen LogP contribution in [0.25, 0.3) is 0 Å².